The third-order valence-electron chi connectivity index (χ3n) is 3.71. The predicted octanol–water partition coefficient (Wildman–Crippen LogP) is 3.70. The van der Waals surface area contributed by atoms with E-state index in [9.17, 15) is 0 Å². The van der Waals surface area contributed by atoms with Crippen LogP contribution in [0.15, 0.2) is 36.5 Å². The third-order valence-corrected chi connectivity index (χ3v) is 3.71. The van der Waals surface area contributed by atoms with Gasteiger partial charge >= 0.3 is 0 Å². The van der Waals surface area contributed by atoms with Crippen molar-refractivity contribution < 1.29 is 4.74 Å². The summed E-state index contributed by atoms with van der Waals surface area (Å²) in [6.07, 6.45) is 4.11. The predicted molar refractivity (Wildman–Crippen MR) is 83.9 cm³/mol. The van der Waals surface area contributed by atoms with Crippen molar-refractivity contribution in [3.8, 4) is 0 Å². The van der Waals surface area contributed by atoms with E-state index in [4.69, 9.17) is 4.74 Å². The molecule has 2 unspecified atom stereocenters. The zero-order chi connectivity index (χ0) is 14.4. The number of nitrogens with one attached hydrogen (secondary N) is 1. The Hall–Kier alpha value is -1.45. The summed E-state index contributed by atoms with van der Waals surface area (Å²) in [4.78, 5) is 4.45. The van der Waals surface area contributed by atoms with E-state index >= 15 is 0 Å². The number of hydrogen-bond donors (Lipinski definition) is 1. The second-order valence-corrected chi connectivity index (χ2v) is 5.03. The molecule has 0 saturated carbocycles. The topological polar surface area (TPSA) is 34.2 Å². The maximum absolute atomic E-state index is 5.68. The van der Waals surface area contributed by atoms with Crippen LogP contribution < -0.4 is 5.32 Å². The Balaban J connectivity index is 2.44. The first-order valence-electron chi connectivity index (χ1n) is 7.41. The number of pyridine rings is 1. The van der Waals surface area contributed by atoms with Gasteiger partial charge in [0.15, 0.2) is 0 Å². The van der Waals surface area contributed by atoms with Gasteiger partial charge in [0.25, 0.3) is 0 Å². The lowest BCUT2D eigenvalue weighted by Gasteiger charge is -2.27. The van der Waals surface area contributed by atoms with Gasteiger partial charge in [-0.05, 0) is 37.1 Å². The number of benzene rings is 1. The number of hydrogen-bond acceptors (Lipinski definition) is 3. The van der Waals surface area contributed by atoms with Crippen LogP contribution in [-0.4, -0.2) is 24.7 Å². The van der Waals surface area contributed by atoms with Gasteiger partial charge in [-0.2, -0.15) is 0 Å². The zero-order valence-electron chi connectivity index (χ0n) is 12.6. The Bertz CT molecular complexity index is 532. The van der Waals surface area contributed by atoms with Crippen LogP contribution >= 0.6 is 0 Å². The molecule has 0 bridgehead atoms. The molecule has 2 rings (SSSR count). The fourth-order valence-electron chi connectivity index (χ4n) is 2.68. The lowest BCUT2D eigenvalue weighted by atomic mass is 9.95. The maximum atomic E-state index is 5.68. The lowest BCUT2D eigenvalue weighted by molar-refractivity contribution is 0.0655. The fraction of sp³-hybridized carbons (Fsp3) is 0.471. The number of nitrogens with zero attached hydrogens (tertiary/aromatic N) is 1. The average Bonchev–Trinajstić information content (AvgIpc) is 2.51. The molecule has 0 spiro atoms. The minimum atomic E-state index is 0.173. The minimum absolute atomic E-state index is 0.173. The van der Waals surface area contributed by atoms with E-state index in [-0.39, 0.29) is 12.1 Å². The molecule has 1 aromatic carbocycles. The van der Waals surface area contributed by atoms with E-state index in [1.807, 2.05) is 12.3 Å². The monoisotopic (exact) mass is 272 g/mol. The van der Waals surface area contributed by atoms with Crippen LogP contribution in [-0.2, 0) is 4.74 Å². The highest BCUT2D eigenvalue weighted by Gasteiger charge is 2.22. The van der Waals surface area contributed by atoms with E-state index in [1.165, 1.54) is 10.9 Å². The quantitative estimate of drug-likeness (QED) is 0.834. The number of rotatable bonds is 7. The standard InChI is InChI=1S/C17H24N2O/c1-4-11-19-17(16(5-2)20-3)14-8-6-10-15-13(14)9-7-12-18-15/h6-10,12,16-17,19H,4-5,11H2,1-3H3. The van der Waals surface area contributed by atoms with Crippen LogP contribution in [0.2, 0.25) is 0 Å². The summed E-state index contributed by atoms with van der Waals surface area (Å²) in [6.45, 7) is 5.34. The van der Waals surface area contributed by atoms with Crippen molar-refractivity contribution in [2.24, 2.45) is 0 Å². The molecule has 2 atom stereocenters. The summed E-state index contributed by atoms with van der Waals surface area (Å²) in [5, 5.41) is 4.83. The SMILES string of the molecule is CCCNC(c1cccc2ncccc12)C(CC)OC. The zero-order valence-corrected chi connectivity index (χ0v) is 12.6. The second-order valence-electron chi connectivity index (χ2n) is 5.03. The summed E-state index contributed by atoms with van der Waals surface area (Å²) in [6, 6.07) is 10.7. The van der Waals surface area contributed by atoms with Gasteiger partial charge in [-0.25, -0.2) is 0 Å². The van der Waals surface area contributed by atoms with Gasteiger partial charge in [-0.1, -0.05) is 32.0 Å². The smallest absolute Gasteiger partial charge is 0.0763 e. The third kappa shape index (κ3) is 3.17. The first-order valence-corrected chi connectivity index (χ1v) is 7.41. The van der Waals surface area contributed by atoms with Gasteiger partial charge in [0.05, 0.1) is 17.7 Å². The van der Waals surface area contributed by atoms with Gasteiger partial charge in [0, 0.05) is 18.7 Å². The average molecular weight is 272 g/mol. The van der Waals surface area contributed by atoms with Gasteiger partial charge in [0.2, 0.25) is 0 Å². The van der Waals surface area contributed by atoms with Crippen molar-refractivity contribution in [3.05, 3.63) is 42.1 Å². The molecule has 0 amide bonds. The van der Waals surface area contributed by atoms with Crippen molar-refractivity contribution in [2.75, 3.05) is 13.7 Å². The highest BCUT2D eigenvalue weighted by molar-refractivity contribution is 5.82. The number of aromatic nitrogens is 1. The summed E-state index contributed by atoms with van der Waals surface area (Å²) < 4.78 is 5.68. The Morgan fingerprint density at radius 2 is 2.05 bits per heavy atom. The van der Waals surface area contributed by atoms with Crippen molar-refractivity contribution in [3.63, 3.8) is 0 Å². The minimum Gasteiger partial charge on any atom is -0.379 e. The molecule has 0 saturated heterocycles. The van der Waals surface area contributed by atoms with Crippen LogP contribution in [0.5, 0.6) is 0 Å². The van der Waals surface area contributed by atoms with Gasteiger partial charge in [0.1, 0.15) is 0 Å². The molecule has 1 heterocycles. The van der Waals surface area contributed by atoms with Gasteiger partial charge < -0.3 is 10.1 Å². The van der Waals surface area contributed by atoms with Crippen LogP contribution in [0, 0.1) is 0 Å². The molecular weight excluding hydrogens is 248 g/mol. The largest absolute Gasteiger partial charge is 0.379 e. The number of fused-ring (bicyclic) bond motifs is 1. The molecule has 0 aliphatic heterocycles. The van der Waals surface area contributed by atoms with Crippen LogP contribution in [0.4, 0.5) is 0 Å². The van der Waals surface area contributed by atoms with Crippen molar-refractivity contribution in [2.45, 2.75) is 38.8 Å². The van der Waals surface area contributed by atoms with E-state index in [0.29, 0.717) is 0 Å². The highest BCUT2D eigenvalue weighted by atomic mass is 16.5. The fourth-order valence-corrected chi connectivity index (χ4v) is 2.68. The molecule has 20 heavy (non-hydrogen) atoms. The molecule has 3 heteroatoms. The second kappa shape index (κ2) is 7.36. The van der Waals surface area contributed by atoms with E-state index < -0.39 is 0 Å². The molecule has 1 N–H and O–H groups in total. The van der Waals surface area contributed by atoms with E-state index in [2.05, 4.69) is 48.4 Å². The first kappa shape index (κ1) is 14.9. The van der Waals surface area contributed by atoms with E-state index in [1.54, 1.807) is 7.11 Å². The van der Waals surface area contributed by atoms with Gasteiger partial charge in [-0.15, -0.1) is 0 Å². The molecule has 3 nitrogen and oxygen atoms in total. The summed E-state index contributed by atoms with van der Waals surface area (Å²) in [7, 11) is 1.79. The van der Waals surface area contributed by atoms with Crippen LogP contribution in [0.3, 0.4) is 0 Å². The Labute approximate surface area is 121 Å². The highest BCUT2D eigenvalue weighted by Crippen LogP contribution is 2.27. The van der Waals surface area contributed by atoms with Crippen LogP contribution in [0.1, 0.15) is 38.3 Å². The molecule has 108 valence electrons. The molecule has 0 aliphatic carbocycles. The summed E-state index contributed by atoms with van der Waals surface area (Å²) in [5.41, 5.74) is 2.32. The molecular formula is C17H24N2O. The molecule has 0 fully saturated rings. The normalized spacial score (nSPS) is 14.3. The first-order chi connectivity index (χ1) is 9.81. The number of methoxy groups -OCH3 is 1. The molecule has 0 radical (unpaired) electrons. The maximum Gasteiger partial charge on any atom is 0.0763 e. The molecule has 2 aromatic rings. The van der Waals surface area contributed by atoms with Crippen molar-refractivity contribution >= 4 is 10.9 Å². The summed E-state index contributed by atoms with van der Waals surface area (Å²) >= 11 is 0. The van der Waals surface area contributed by atoms with Crippen molar-refractivity contribution in [1.29, 1.82) is 0 Å². The number of ether oxygens (including phenoxy) is 1. The van der Waals surface area contributed by atoms with Gasteiger partial charge in [-0.3, -0.25) is 4.98 Å². The molecule has 1 aromatic heterocycles. The molecule has 0 aliphatic rings. The summed E-state index contributed by atoms with van der Waals surface area (Å²) in [5.74, 6) is 0. The van der Waals surface area contributed by atoms with E-state index in [0.717, 1.165) is 24.9 Å². The van der Waals surface area contributed by atoms with Crippen molar-refractivity contribution in [1.82, 2.24) is 10.3 Å². The Kier molecular flexibility index (Phi) is 5.50. The van der Waals surface area contributed by atoms with Crippen LogP contribution in [0.25, 0.3) is 10.9 Å². The Morgan fingerprint density at radius 3 is 2.75 bits per heavy atom. The lowest BCUT2D eigenvalue weighted by Crippen LogP contribution is -2.33. The Morgan fingerprint density at radius 1 is 1.20 bits per heavy atom.